The zero-order valence-electron chi connectivity index (χ0n) is 16.0. The highest BCUT2D eigenvalue weighted by molar-refractivity contribution is 7.22. The molecule has 6 heteroatoms. The van der Waals surface area contributed by atoms with Crippen molar-refractivity contribution in [2.75, 3.05) is 4.90 Å². The number of hydrogen-bond donors (Lipinski definition) is 0. The second-order valence-corrected chi connectivity index (χ2v) is 9.05. The first kappa shape index (κ1) is 18.8. The number of anilines is 2. The minimum atomic E-state index is -0.0262. The number of para-hydroxylation sites is 1. The lowest BCUT2D eigenvalue weighted by Gasteiger charge is -2.20. The summed E-state index contributed by atoms with van der Waals surface area (Å²) < 4.78 is 1.07. The summed E-state index contributed by atoms with van der Waals surface area (Å²) >= 11 is 3.09. The van der Waals surface area contributed by atoms with Crippen molar-refractivity contribution in [2.24, 2.45) is 0 Å². The molecule has 0 radical (unpaired) electrons. The zero-order chi connectivity index (χ0) is 19.7. The lowest BCUT2D eigenvalue weighted by molar-refractivity contribution is -0.117. The molecule has 142 valence electrons. The molecule has 0 unspecified atom stereocenters. The number of nitrogens with zero attached hydrogens (tertiary/aromatic N) is 3. The van der Waals surface area contributed by atoms with Crippen LogP contribution in [0.5, 0.6) is 0 Å². The smallest absolute Gasteiger partial charge is 0.239 e. The molecular formula is C22H21N3OS2. The lowest BCUT2D eigenvalue weighted by Crippen LogP contribution is -2.27. The summed E-state index contributed by atoms with van der Waals surface area (Å²) in [5, 5.41) is 3.61. The molecule has 0 fully saturated rings. The number of benzene rings is 2. The second kappa shape index (κ2) is 7.81. The molecule has 0 aliphatic rings. The number of aromatic nitrogens is 2. The van der Waals surface area contributed by atoms with Gasteiger partial charge in [0.2, 0.25) is 5.91 Å². The van der Waals surface area contributed by atoms with Gasteiger partial charge >= 0.3 is 0 Å². The van der Waals surface area contributed by atoms with Crippen LogP contribution in [0.1, 0.15) is 36.0 Å². The van der Waals surface area contributed by atoms with Gasteiger partial charge in [-0.3, -0.25) is 9.69 Å². The molecule has 28 heavy (non-hydrogen) atoms. The van der Waals surface area contributed by atoms with Gasteiger partial charge < -0.3 is 0 Å². The van der Waals surface area contributed by atoms with E-state index < -0.39 is 0 Å². The van der Waals surface area contributed by atoms with Gasteiger partial charge in [-0.05, 0) is 42.7 Å². The Kier molecular flexibility index (Phi) is 5.24. The Morgan fingerprint density at radius 1 is 1.07 bits per heavy atom. The summed E-state index contributed by atoms with van der Waals surface area (Å²) in [5.41, 5.74) is 3.79. The van der Waals surface area contributed by atoms with Gasteiger partial charge in [-0.1, -0.05) is 49.4 Å². The normalized spacial score (nSPS) is 11.3. The zero-order valence-corrected chi connectivity index (χ0v) is 17.7. The van der Waals surface area contributed by atoms with E-state index in [4.69, 9.17) is 4.98 Å². The van der Waals surface area contributed by atoms with E-state index in [0.29, 0.717) is 11.0 Å². The van der Waals surface area contributed by atoms with Crippen LogP contribution in [0.15, 0.2) is 53.9 Å². The molecule has 4 nitrogen and oxygen atoms in total. The largest absolute Gasteiger partial charge is 0.274 e. The van der Waals surface area contributed by atoms with Crippen molar-refractivity contribution in [2.45, 2.75) is 33.1 Å². The first-order valence-corrected chi connectivity index (χ1v) is 10.9. The van der Waals surface area contributed by atoms with E-state index in [0.717, 1.165) is 26.6 Å². The van der Waals surface area contributed by atoms with Gasteiger partial charge in [-0.25, -0.2) is 9.97 Å². The maximum Gasteiger partial charge on any atom is 0.239 e. The first-order valence-electron chi connectivity index (χ1n) is 9.21. The molecule has 0 aliphatic carbocycles. The molecule has 0 spiro atoms. The number of carbonyl (C=O) groups is 1. The molecule has 0 saturated carbocycles. The summed E-state index contributed by atoms with van der Waals surface area (Å²) in [5.74, 6) is 0.417. The highest BCUT2D eigenvalue weighted by Gasteiger charge is 2.23. The Balaban J connectivity index is 1.74. The molecule has 0 atom stereocenters. The van der Waals surface area contributed by atoms with Crippen LogP contribution in [0.25, 0.3) is 10.2 Å². The van der Waals surface area contributed by atoms with E-state index in [9.17, 15) is 4.79 Å². The van der Waals surface area contributed by atoms with E-state index in [-0.39, 0.29) is 12.3 Å². The number of fused-ring (bicyclic) bond motifs is 1. The van der Waals surface area contributed by atoms with E-state index >= 15 is 0 Å². The molecule has 0 aliphatic heterocycles. The third kappa shape index (κ3) is 3.84. The minimum Gasteiger partial charge on any atom is -0.274 e. The Labute approximate surface area is 172 Å². The highest BCUT2D eigenvalue weighted by atomic mass is 32.1. The number of amides is 1. The molecule has 2 aromatic carbocycles. The van der Waals surface area contributed by atoms with Crippen LogP contribution < -0.4 is 4.90 Å². The van der Waals surface area contributed by atoms with Gasteiger partial charge in [0, 0.05) is 5.38 Å². The Morgan fingerprint density at radius 2 is 1.82 bits per heavy atom. The molecule has 0 N–H and O–H groups in total. The van der Waals surface area contributed by atoms with Gasteiger partial charge in [0.05, 0.1) is 33.0 Å². The van der Waals surface area contributed by atoms with Crippen molar-refractivity contribution in [1.82, 2.24) is 9.97 Å². The fraction of sp³-hybridized carbons (Fsp3) is 0.227. The maximum absolute atomic E-state index is 13.3. The third-order valence-electron chi connectivity index (χ3n) is 4.54. The van der Waals surface area contributed by atoms with Crippen molar-refractivity contribution in [3.63, 3.8) is 0 Å². The number of rotatable bonds is 5. The van der Waals surface area contributed by atoms with Crippen LogP contribution in [0.2, 0.25) is 0 Å². The first-order chi connectivity index (χ1) is 13.5. The van der Waals surface area contributed by atoms with Crippen LogP contribution in [0, 0.1) is 6.92 Å². The summed E-state index contributed by atoms with van der Waals surface area (Å²) in [6.07, 6.45) is 0.256. The second-order valence-electron chi connectivity index (χ2n) is 6.97. The van der Waals surface area contributed by atoms with Gasteiger partial charge in [0.25, 0.3) is 0 Å². The van der Waals surface area contributed by atoms with Crippen molar-refractivity contribution >= 4 is 49.6 Å². The van der Waals surface area contributed by atoms with E-state index in [2.05, 4.69) is 31.0 Å². The summed E-state index contributed by atoms with van der Waals surface area (Å²) in [6, 6.07) is 16.1. The Morgan fingerprint density at radius 3 is 2.46 bits per heavy atom. The fourth-order valence-corrected chi connectivity index (χ4v) is 4.67. The van der Waals surface area contributed by atoms with Crippen molar-refractivity contribution in [3.05, 3.63) is 70.2 Å². The third-order valence-corrected chi connectivity index (χ3v) is 6.38. The molecule has 4 rings (SSSR count). The molecular weight excluding hydrogens is 386 g/mol. The minimum absolute atomic E-state index is 0.0262. The van der Waals surface area contributed by atoms with Crippen molar-refractivity contribution in [1.29, 1.82) is 0 Å². The fourth-order valence-electron chi connectivity index (χ4n) is 3.05. The van der Waals surface area contributed by atoms with Crippen LogP contribution in [0.4, 0.5) is 10.8 Å². The predicted molar refractivity (Wildman–Crippen MR) is 118 cm³/mol. The summed E-state index contributed by atoms with van der Waals surface area (Å²) in [7, 11) is 0. The topological polar surface area (TPSA) is 46.1 Å². The van der Waals surface area contributed by atoms with Gasteiger partial charge in [0.15, 0.2) is 5.13 Å². The molecule has 0 bridgehead atoms. The molecule has 2 heterocycles. The molecule has 4 aromatic rings. The summed E-state index contributed by atoms with van der Waals surface area (Å²) in [4.78, 5) is 24.2. The lowest BCUT2D eigenvalue weighted by atomic mass is 10.0. The van der Waals surface area contributed by atoms with Gasteiger partial charge in [-0.2, -0.15) is 0 Å². The number of hydrogen-bond acceptors (Lipinski definition) is 5. The molecule has 1 amide bonds. The van der Waals surface area contributed by atoms with Crippen LogP contribution in [-0.2, 0) is 11.2 Å². The predicted octanol–water partition coefficient (Wildman–Crippen LogP) is 6.09. The standard InChI is InChI=1S/C22H21N3OS2/c1-14(2)16-8-10-18(11-9-16)25(21(26)12-17-13-27-15(3)23-17)22-24-19-6-4-5-7-20(19)28-22/h4-11,13-14H,12H2,1-3H3. The van der Waals surface area contributed by atoms with Crippen LogP contribution in [0.3, 0.4) is 0 Å². The summed E-state index contributed by atoms with van der Waals surface area (Å²) in [6.45, 7) is 6.28. The number of thiazole rings is 2. The van der Waals surface area contributed by atoms with Crippen molar-refractivity contribution < 1.29 is 4.79 Å². The van der Waals surface area contributed by atoms with Gasteiger partial charge in [0.1, 0.15) is 0 Å². The molecule has 0 saturated heterocycles. The number of carbonyl (C=O) groups excluding carboxylic acids is 1. The van der Waals surface area contributed by atoms with E-state index in [1.807, 2.05) is 48.7 Å². The van der Waals surface area contributed by atoms with Crippen LogP contribution >= 0.6 is 22.7 Å². The number of aryl methyl sites for hydroxylation is 1. The average molecular weight is 408 g/mol. The quantitative estimate of drug-likeness (QED) is 0.402. The van der Waals surface area contributed by atoms with E-state index in [1.165, 1.54) is 16.9 Å². The average Bonchev–Trinajstić information content (AvgIpc) is 3.28. The molecule has 2 aromatic heterocycles. The maximum atomic E-state index is 13.3. The van der Waals surface area contributed by atoms with Crippen molar-refractivity contribution in [3.8, 4) is 0 Å². The Hall–Kier alpha value is -2.57. The van der Waals surface area contributed by atoms with Crippen LogP contribution in [-0.4, -0.2) is 15.9 Å². The SMILES string of the molecule is Cc1nc(CC(=O)N(c2ccc(C(C)C)cc2)c2nc3ccccc3s2)cs1. The Bertz CT molecular complexity index is 1080. The highest BCUT2D eigenvalue weighted by Crippen LogP contribution is 2.34. The monoisotopic (exact) mass is 407 g/mol. The van der Waals surface area contributed by atoms with E-state index in [1.54, 1.807) is 16.2 Å². The van der Waals surface area contributed by atoms with Gasteiger partial charge in [-0.15, -0.1) is 11.3 Å².